The van der Waals surface area contributed by atoms with Crippen LogP contribution in [0.1, 0.15) is 18.4 Å². The molecule has 2 aliphatic rings. The molecule has 2 aromatic carbocycles. The van der Waals surface area contributed by atoms with Gasteiger partial charge in [0.05, 0.1) is 20.1 Å². The molecule has 4 rings (SSSR count). The minimum atomic E-state index is -0.139. The molecule has 1 unspecified atom stereocenters. The van der Waals surface area contributed by atoms with E-state index in [1.54, 1.807) is 19.1 Å². The number of benzene rings is 2. The fraction of sp³-hybridized carbons (Fsp3) is 0.462. The van der Waals surface area contributed by atoms with Crippen LogP contribution in [0.3, 0.4) is 0 Å². The van der Waals surface area contributed by atoms with Gasteiger partial charge in [0.2, 0.25) is 5.91 Å². The van der Waals surface area contributed by atoms with Crippen molar-refractivity contribution in [2.24, 2.45) is 5.92 Å². The van der Waals surface area contributed by atoms with Gasteiger partial charge in [-0.15, -0.1) is 0 Å². The van der Waals surface area contributed by atoms with Gasteiger partial charge >= 0.3 is 6.03 Å². The second kappa shape index (κ2) is 11.2. The van der Waals surface area contributed by atoms with E-state index in [2.05, 4.69) is 10.2 Å². The minimum absolute atomic E-state index is 0.138. The zero-order valence-electron chi connectivity index (χ0n) is 20.0. The number of amides is 3. The molecule has 0 aromatic heterocycles. The predicted octanol–water partition coefficient (Wildman–Crippen LogP) is 3.29. The molecule has 2 aliphatic heterocycles. The van der Waals surface area contributed by atoms with Crippen LogP contribution in [0.25, 0.3) is 0 Å². The number of urea groups is 1. The molecule has 8 nitrogen and oxygen atoms in total. The highest BCUT2D eigenvalue weighted by molar-refractivity contribution is 5.90. The van der Waals surface area contributed by atoms with Gasteiger partial charge < -0.3 is 24.6 Å². The summed E-state index contributed by atoms with van der Waals surface area (Å²) in [5.74, 6) is 1.68. The molecule has 34 heavy (non-hydrogen) atoms. The van der Waals surface area contributed by atoms with E-state index in [0.29, 0.717) is 26.2 Å². The summed E-state index contributed by atoms with van der Waals surface area (Å²) >= 11 is 0. The second-order valence-corrected chi connectivity index (χ2v) is 8.86. The standard InChI is InChI=1S/C26H34N4O4/c1-33-23-10-11-24(34-2)21(17-23)18-28-13-15-29(16-14-28)25(31)20-7-6-12-30(19-20)26(32)27-22-8-4-3-5-9-22/h3-5,8-11,17,20H,6-7,12-16,18-19H2,1-2H3,(H,27,32). The number of nitrogens with one attached hydrogen (secondary N) is 1. The molecule has 2 heterocycles. The number of methoxy groups -OCH3 is 2. The van der Waals surface area contributed by atoms with Gasteiger partial charge in [-0.05, 0) is 43.2 Å². The molecule has 182 valence electrons. The molecule has 0 aliphatic carbocycles. The fourth-order valence-electron chi connectivity index (χ4n) is 4.72. The van der Waals surface area contributed by atoms with Gasteiger partial charge in [0.25, 0.3) is 0 Å². The van der Waals surface area contributed by atoms with Crippen molar-refractivity contribution < 1.29 is 19.1 Å². The number of rotatable bonds is 6. The van der Waals surface area contributed by atoms with Gasteiger partial charge in [-0.2, -0.15) is 0 Å². The van der Waals surface area contributed by atoms with Crippen LogP contribution in [0.5, 0.6) is 11.5 Å². The van der Waals surface area contributed by atoms with E-state index in [9.17, 15) is 9.59 Å². The van der Waals surface area contributed by atoms with Crippen LogP contribution in [0.2, 0.25) is 0 Å². The number of para-hydroxylation sites is 1. The largest absolute Gasteiger partial charge is 0.497 e. The molecule has 2 aromatic rings. The normalized spacial score (nSPS) is 18.9. The van der Waals surface area contributed by atoms with Gasteiger partial charge in [0, 0.05) is 57.1 Å². The minimum Gasteiger partial charge on any atom is -0.497 e. The molecular formula is C26H34N4O4. The predicted molar refractivity (Wildman–Crippen MR) is 131 cm³/mol. The van der Waals surface area contributed by atoms with Gasteiger partial charge in [-0.1, -0.05) is 18.2 Å². The Morgan fingerprint density at radius 1 is 0.941 bits per heavy atom. The number of nitrogens with zero attached hydrogens (tertiary/aromatic N) is 3. The van der Waals surface area contributed by atoms with Gasteiger partial charge in [-0.25, -0.2) is 4.79 Å². The monoisotopic (exact) mass is 466 g/mol. The Balaban J connectivity index is 1.29. The van der Waals surface area contributed by atoms with Crippen molar-refractivity contribution in [3.63, 3.8) is 0 Å². The lowest BCUT2D eigenvalue weighted by Gasteiger charge is -2.39. The average molecular weight is 467 g/mol. The van der Waals surface area contributed by atoms with E-state index in [1.165, 1.54) is 0 Å². The number of anilines is 1. The van der Waals surface area contributed by atoms with Crippen molar-refractivity contribution in [1.29, 1.82) is 0 Å². The van der Waals surface area contributed by atoms with E-state index in [-0.39, 0.29) is 17.9 Å². The first-order valence-corrected chi connectivity index (χ1v) is 11.9. The number of carbonyl (C=O) groups excluding carboxylic acids is 2. The first-order valence-electron chi connectivity index (χ1n) is 11.9. The number of hydrogen-bond acceptors (Lipinski definition) is 5. The molecule has 2 saturated heterocycles. The van der Waals surface area contributed by atoms with Crippen LogP contribution in [0.15, 0.2) is 48.5 Å². The van der Waals surface area contributed by atoms with Crippen LogP contribution < -0.4 is 14.8 Å². The summed E-state index contributed by atoms with van der Waals surface area (Å²) in [5.41, 5.74) is 1.85. The third-order valence-electron chi connectivity index (χ3n) is 6.65. The van der Waals surface area contributed by atoms with Crippen molar-refractivity contribution in [2.45, 2.75) is 19.4 Å². The molecule has 0 radical (unpaired) electrons. The van der Waals surface area contributed by atoms with Crippen molar-refractivity contribution in [2.75, 3.05) is 58.8 Å². The van der Waals surface area contributed by atoms with Crippen LogP contribution in [-0.2, 0) is 11.3 Å². The highest BCUT2D eigenvalue weighted by Crippen LogP contribution is 2.26. The molecular weight excluding hydrogens is 432 g/mol. The SMILES string of the molecule is COc1ccc(OC)c(CN2CCN(C(=O)C3CCCN(C(=O)Nc4ccccc4)C3)CC2)c1. The topological polar surface area (TPSA) is 74.4 Å². The third kappa shape index (κ3) is 5.80. The summed E-state index contributed by atoms with van der Waals surface area (Å²) in [6.45, 7) is 4.89. The van der Waals surface area contributed by atoms with Crippen LogP contribution in [-0.4, -0.2) is 80.1 Å². The molecule has 1 N–H and O–H groups in total. The number of hydrogen-bond donors (Lipinski definition) is 1. The van der Waals surface area contributed by atoms with Crippen LogP contribution in [0, 0.1) is 5.92 Å². The molecule has 1 atom stereocenters. The Kier molecular flexibility index (Phi) is 7.90. The number of carbonyl (C=O) groups is 2. The summed E-state index contributed by atoms with van der Waals surface area (Å²) in [6.07, 6.45) is 1.67. The zero-order valence-corrected chi connectivity index (χ0v) is 20.0. The Bertz CT molecular complexity index is 976. The third-order valence-corrected chi connectivity index (χ3v) is 6.65. The first-order chi connectivity index (χ1) is 16.6. The molecule has 0 spiro atoms. The Labute approximate surface area is 201 Å². The summed E-state index contributed by atoms with van der Waals surface area (Å²) in [6, 6.07) is 15.1. The lowest BCUT2D eigenvalue weighted by Crippen LogP contribution is -2.53. The highest BCUT2D eigenvalue weighted by Gasteiger charge is 2.32. The van der Waals surface area contributed by atoms with Crippen LogP contribution >= 0.6 is 0 Å². The van der Waals surface area contributed by atoms with E-state index >= 15 is 0 Å². The fourth-order valence-corrected chi connectivity index (χ4v) is 4.72. The summed E-state index contributed by atoms with van der Waals surface area (Å²) in [7, 11) is 3.34. The summed E-state index contributed by atoms with van der Waals surface area (Å²) in [5, 5.41) is 2.93. The van der Waals surface area contributed by atoms with E-state index in [0.717, 1.165) is 55.2 Å². The Morgan fingerprint density at radius 2 is 1.71 bits per heavy atom. The maximum absolute atomic E-state index is 13.2. The lowest BCUT2D eigenvalue weighted by molar-refractivity contribution is -0.138. The van der Waals surface area contributed by atoms with E-state index in [4.69, 9.17) is 9.47 Å². The number of ether oxygens (including phenoxy) is 2. The molecule has 0 saturated carbocycles. The van der Waals surface area contributed by atoms with Crippen LogP contribution in [0.4, 0.5) is 10.5 Å². The van der Waals surface area contributed by atoms with Crippen molar-refractivity contribution in [3.05, 3.63) is 54.1 Å². The number of piperidine rings is 1. The van der Waals surface area contributed by atoms with Gasteiger partial charge in [-0.3, -0.25) is 9.69 Å². The quantitative estimate of drug-likeness (QED) is 0.707. The number of piperazine rings is 1. The van der Waals surface area contributed by atoms with E-state index in [1.807, 2.05) is 53.4 Å². The Hall–Kier alpha value is -3.26. The van der Waals surface area contributed by atoms with Crippen molar-refractivity contribution >= 4 is 17.6 Å². The number of likely N-dealkylation sites (tertiary alicyclic amines) is 1. The van der Waals surface area contributed by atoms with Crippen molar-refractivity contribution in [1.82, 2.24) is 14.7 Å². The van der Waals surface area contributed by atoms with E-state index < -0.39 is 0 Å². The smallest absolute Gasteiger partial charge is 0.321 e. The van der Waals surface area contributed by atoms with Crippen molar-refractivity contribution in [3.8, 4) is 11.5 Å². The van der Waals surface area contributed by atoms with Gasteiger partial charge in [0.1, 0.15) is 11.5 Å². The average Bonchev–Trinajstić information content (AvgIpc) is 2.89. The maximum Gasteiger partial charge on any atom is 0.321 e. The summed E-state index contributed by atoms with van der Waals surface area (Å²) < 4.78 is 10.9. The molecule has 8 heteroatoms. The molecule has 3 amide bonds. The molecule has 0 bridgehead atoms. The summed E-state index contributed by atoms with van der Waals surface area (Å²) in [4.78, 5) is 32.0. The lowest BCUT2D eigenvalue weighted by atomic mass is 9.96. The molecule has 2 fully saturated rings. The second-order valence-electron chi connectivity index (χ2n) is 8.86. The zero-order chi connectivity index (χ0) is 23.9. The Morgan fingerprint density at radius 3 is 2.41 bits per heavy atom. The highest BCUT2D eigenvalue weighted by atomic mass is 16.5. The van der Waals surface area contributed by atoms with Gasteiger partial charge in [0.15, 0.2) is 0 Å². The first kappa shape index (κ1) is 23.9. The maximum atomic E-state index is 13.2.